The van der Waals surface area contributed by atoms with E-state index in [2.05, 4.69) is 47.5 Å². The van der Waals surface area contributed by atoms with Crippen LogP contribution < -0.4 is 10.1 Å². The molecule has 5 nitrogen and oxygen atoms in total. The van der Waals surface area contributed by atoms with Gasteiger partial charge in [0, 0.05) is 25.7 Å². The SMILES string of the molecule is Cc1ccccc1CN1CCC(NC(=O)COc2ccc(C#N)cc2)CC1. The van der Waals surface area contributed by atoms with Crippen molar-refractivity contribution in [2.24, 2.45) is 0 Å². The van der Waals surface area contributed by atoms with Gasteiger partial charge in [0.1, 0.15) is 5.75 Å². The minimum absolute atomic E-state index is 0.00464. The quantitative estimate of drug-likeness (QED) is 0.857. The number of carbonyl (C=O) groups is 1. The van der Waals surface area contributed by atoms with Crippen LogP contribution in [0.15, 0.2) is 48.5 Å². The Hall–Kier alpha value is -2.84. The number of rotatable bonds is 6. The predicted molar refractivity (Wildman–Crippen MR) is 104 cm³/mol. The van der Waals surface area contributed by atoms with E-state index in [0.29, 0.717) is 11.3 Å². The topological polar surface area (TPSA) is 65.4 Å². The fraction of sp³-hybridized carbons (Fsp3) is 0.364. The van der Waals surface area contributed by atoms with Gasteiger partial charge in [0.05, 0.1) is 11.6 Å². The molecule has 2 aromatic rings. The zero-order valence-electron chi connectivity index (χ0n) is 15.6. The molecule has 3 rings (SSSR count). The Bertz CT molecular complexity index is 803. The third-order valence-electron chi connectivity index (χ3n) is 4.96. The van der Waals surface area contributed by atoms with Crippen LogP contribution >= 0.6 is 0 Å². The molecule has 0 aromatic heterocycles. The molecular formula is C22H25N3O2. The molecule has 0 unspecified atom stereocenters. The second kappa shape index (κ2) is 9.20. The first kappa shape index (κ1) is 18.9. The lowest BCUT2D eigenvalue weighted by Gasteiger charge is -2.32. The van der Waals surface area contributed by atoms with Crippen molar-refractivity contribution >= 4 is 5.91 Å². The van der Waals surface area contributed by atoms with Crippen molar-refractivity contribution in [3.8, 4) is 11.8 Å². The summed E-state index contributed by atoms with van der Waals surface area (Å²) in [5, 5.41) is 11.8. The number of piperidine rings is 1. The van der Waals surface area contributed by atoms with E-state index in [9.17, 15) is 4.79 Å². The zero-order valence-corrected chi connectivity index (χ0v) is 15.6. The van der Waals surface area contributed by atoms with E-state index in [1.54, 1.807) is 24.3 Å². The van der Waals surface area contributed by atoms with Gasteiger partial charge in [0.2, 0.25) is 0 Å². The van der Waals surface area contributed by atoms with Crippen LogP contribution in [0.25, 0.3) is 0 Å². The largest absolute Gasteiger partial charge is 0.484 e. The summed E-state index contributed by atoms with van der Waals surface area (Å²) in [6.45, 7) is 5.08. The van der Waals surface area contributed by atoms with Crippen LogP contribution in [0.5, 0.6) is 5.75 Å². The van der Waals surface area contributed by atoms with Crippen molar-refractivity contribution in [2.75, 3.05) is 19.7 Å². The monoisotopic (exact) mass is 363 g/mol. The summed E-state index contributed by atoms with van der Waals surface area (Å²) in [6, 6.07) is 17.5. The molecule has 27 heavy (non-hydrogen) atoms. The van der Waals surface area contributed by atoms with Crippen LogP contribution in [0.4, 0.5) is 0 Å². The standard InChI is InChI=1S/C22H25N3O2/c1-17-4-2-3-5-19(17)15-25-12-10-20(11-13-25)24-22(26)16-27-21-8-6-18(14-23)7-9-21/h2-9,20H,10-13,15-16H2,1H3,(H,24,26). The second-order valence-electron chi connectivity index (χ2n) is 6.97. The second-order valence-corrected chi connectivity index (χ2v) is 6.97. The highest BCUT2D eigenvalue weighted by molar-refractivity contribution is 5.77. The van der Waals surface area contributed by atoms with Crippen molar-refractivity contribution in [2.45, 2.75) is 32.4 Å². The third kappa shape index (κ3) is 5.57. The summed E-state index contributed by atoms with van der Waals surface area (Å²) in [7, 11) is 0. The number of likely N-dealkylation sites (tertiary alicyclic amines) is 1. The van der Waals surface area contributed by atoms with Crippen molar-refractivity contribution in [1.82, 2.24) is 10.2 Å². The number of nitriles is 1. The Morgan fingerprint density at radius 3 is 2.56 bits per heavy atom. The Morgan fingerprint density at radius 2 is 1.89 bits per heavy atom. The van der Waals surface area contributed by atoms with E-state index in [-0.39, 0.29) is 18.6 Å². The average Bonchev–Trinajstić information content (AvgIpc) is 2.70. The molecule has 1 amide bonds. The van der Waals surface area contributed by atoms with E-state index in [1.807, 2.05) is 0 Å². The highest BCUT2D eigenvalue weighted by Gasteiger charge is 2.21. The molecule has 1 aliphatic heterocycles. The number of amides is 1. The van der Waals surface area contributed by atoms with Crippen molar-refractivity contribution in [1.29, 1.82) is 5.26 Å². The van der Waals surface area contributed by atoms with Gasteiger partial charge in [-0.1, -0.05) is 24.3 Å². The maximum atomic E-state index is 12.1. The first-order valence-electron chi connectivity index (χ1n) is 9.33. The first-order chi connectivity index (χ1) is 13.1. The summed E-state index contributed by atoms with van der Waals surface area (Å²) in [6.07, 6.45) is 1.91. The van der Waals surface area contributed by atoms with Gasteiger partial charge >= 0.3 is 0 Å². The number of carbonyl (C=O) groups excluding carboxylic acids is 1. The van der Waals surface area contributed by atoms with Crippen LogP contribution in [0.3, 0.4) is 0 Å². The third-order valence-corrected chi connectivity index (χ3v) is 4.96. The zero-order chi connectivity index (χ0) is 19.1. The molecule has 1 fully saturated rings. The van der Waals surface area contributed by atoms with E-state index in [4.69, 9.17) is 10.00 Å². The molecule has 0 radical (unpaired) electrons. The number of hydrogen-bond donors (Lipinski definition) is 1. The molecular weight excluding hydrogens is 338 g/mol. The Labute approximate surface area is 160 Å². The summed E-state index contributed by atoms with van der Waals surface area (Å²) < 4.78 is 5.49. The molecule has 0 atom stereocenters. The van der Waals surface area contributed by atoms with Gasteiger partial charge in [0.15, 0.2) is 6.61 Å². The molecule has 0 bridgehead atoms. The van der Waals surface area contributed by atoms with Crippen molar-refractivity contribution in [3.63, 3.8) is 0 Å². The van der Waals surface area contributed by atoms with Crippen molar-refractivity contribution in [3.05, 3.63) is 65.2 Å². The van der Waals surface area contributed by atoms with E-state index < -0.39 is 0 Å². The van der Waals surface area contributed by atoms with Crippen LogP contribution in [-0.2, 0) is 11.3 Å². The fourth-order valence-electron chi connectivity index (χ4n) is 3.31. The maximum absolute atomic E-state index is 12.1. The van der Waals surface area contributed by atoms with Gasteiger partial charge in [0.25, 0.3) is 5.91 Å². The highest BCUT2D eigenvalue weighted by Crippen LogP contribution is 2.16. The van der Waals surface area contributed by atoms with Gasteiger partial charge in [-0.3, -0.25) is 9.69 Å². The molecule has 2 aromatic carbocycles. The molecule has 5 heteroatoms. The summed E-state index contributed by atoms with van der Waals surface area (Å²) in [4.78, 5) is 14.6. The van der Waals surface area contributed by atoms with Crippen molar-refractivity contribution < 1.29 is 9.53 Å². The molecule has 1 N–H and O–H groups in total. The molecule has 140 valence electrons. The Kier molecular flexibility index (Phi) is 6.45. The first-order valence-corrected chi connectivity index (χ1v) is 9.33. The van der Waals surface area contributed by atoms with Crippen LogP contribution in [-0.4, -0.2) is 36.5 Å². The number of nitrogens with zero attached hydrogens (tertiary/aromatic N) is 2. The number of ether oxygens (including phenoxy) is 1. The molecule has 1 heterocycles. The normalized spacial score (nSPS) is 15.1. The predicted octanol–water partition coefficient (Wildman–Crippen LogP) is 3.03. The van der Waals surface area contributed by atoms with Gasteiger partial charge in [-0.2, -0.15) is 5.26 Å². The molecule has 0 spiro atoms. The van der Waals surface area contributed by atoms with Gasteiger partial charge in [-0.05, 0) is 55.2 Å². The molecule has 0 aliphatic carbocycles. The lowest BCUT2D eigenvalue weighted by atomic mass is 10.0. The average molecular weight is 363 g/mol. The van der Waals surface area contributed by atoms with E-state index in [0.717, 1.165) is 32.5 Å². The Morgan fingerprint density at radius 1 is 1.19 bits per heavy atom. The summed E-state index contributed by atoms with van der Waals surface area (Å²) in [5.41, 5.74) is 3.27. The van der Waals surface area contributed by atoms with Gasteiger partial charge in [-0.15, -0.1) is 0 Å². The number of aryl methyl sites for hydroxylation is 1. The lowest BCUT2D eigenvalue weighted by Crippen LogP contribution is -2.45. The molecule has 1 saturated heterocycles. The highest BCUT2D eigenvalue weighted by atomic mass is 16.5. The minimum atomic E-state index is -0.100. The number of benzene rings is 2. The van der Waals surface area contributed by atoms with E-state index in [1.165, 1.54) is 11.1 Å². The summed E-state index contributed by atoms with van der Waals surface area (Å²) in [5.74, 6) is 0.494. The summed E-state index contributed by atoms with van der Waals surface area (Å²) >= 11 is 0. The smallest absolute Gasteiger partial charge is 0.258 e. The van der Waals surface area contributed by atoms with Gasteiger partial charge < -0.3 is 10.1 Å². The van der Waals surface area contributed by atoms with Gasteiger partial charge in [-0.25, -0.2) is 0 Å². The lowest BCUT2D eigenvalue weighted by molar-refractivity contribution is -0.124. The van der Waals surface area contributed by atoms with Crippen LogP contribution in [0, 0.1) is 18.3 Å². The van der Waals surface area contributed by atoms with Crippen LogP contribution in [0.2, 0.25) is 0 Å². The number of nitrogens with one attached hydrogen (secondary N) is 1. The fourth-order valence-corrected chi connectivity index (χ4v) is 3.31. The van der Waals surface area contributed by atoms with E-state index >= 15 is 0 Å². The van der Waals surface area contributed by atoms with Crippen LogP contribution in [0.1, 0.15) is 29.5 Å². The maximum Gasteiger partial charge on any atom is 0.258 e. The number of hydrogen-bond acceptors (Lipinski definition) is 4. The Balaban J connectivity index is 1.39. The molecule has 0 saturated carbocycles. The molecule has 1 aliphatic rings. The minimum Gasteiger partial charge on any atom is -0.484 e.